The molecule has 0 radical (unpaired) electrons. The zero-order valence-corrected chi connectivity index (χ0v) is 7.40. The lowest BCUT2D eigenvalue weighted by molar-refractivity contribution is 1.00. The summed E-state index contributed by atoms with van der Waals surface area (Å²) in [5.41, 5.74) is 1.26. The summed E-state index contributed by atoms with van der Waals surface area (Å²) in [4.78, 5) is 5.70. The van der Waals surface area contributed by atoms with Crippen LogP contribution < -0.4 is 0 Å². The van der Waals surface area contributed by atoms with Crippen LogP contribution >= 0.6 is 11.8 Å². The summed E-state index contributed by atoms with van der Waals surface area (Å²) in [7, 11) is 0. The highest BCUT2D eigenvalue weighted by molar-refractivity contribution is 8.04. The van der Waals surface area contributed by atoms with E-state index in [9.17, 15) is 0 Å². The smallest absolute Gasteiger partial charge is 0.0574 e. The summed E-state index contributed by atoms with van der Waals surface area (Å²) >= 11 is 1.95. The standard InChI is InChI=1S/C9H11NS/c1-7-4-5-9(11-7)8-3-2-6-10-8/h2,5-7H,3-4H2,1H3. The Morgan fingerprint density at radius 3 is 3.09 bits per heavy atom. The van der Waals surface area contributed by atoms with Gasteiger partial charge in [0.25, 0.3) is 0 Å². The minimum atomic E-state index is 0.758. The second-order valence-corrected chi connectivity index (χ2v) is 4.38. The van der Waals surface area contributed by atoms with Crippen molar-refractivity contribution in [2.24, 2.45) is 4.99 Å². The molecule has 0 aromatic heterocycles. The second-order valence-electron chi connectivity index (χ2n) is 2.90. The van der Waals surface area contributed by atoms with Crippen LogP contribution in [0.15, 0.2) is 28.2 Å². The molecule has 2 rings (SSSR count). The lowest BCUT2D eigenvalue weighted by Crippen LogP contribution is -1.94. The average molecular weight is 165 g/mol. The van der Waals surface area contributed by atoms with E-state index in [1.165, 1.54) is 17.0 Å². The molecule has 2 heteroatoms. The van der Waals surface area contributed by atoms with Crippen molar-refractivity contribution in [2.75, 3.05) is 0 Å². The summed E-state index contributed by atoms with van der Waals surface area (Å²) in [6.07, 6.45) is 8.56. The van der Waals surface area contributed by atoms with Crippen LogP contribution in [0.3, 0.4) is 0 Å². The topological polar surface area (TPSA) is 12.4 Å². The molecule has 1 atom stereocenters. The fourth-order valence-corrected chi connectivity index (χ4v) is 2.39. The van der Waals surface area contributed by atoms with Gasteiger partial charge in [-0.05, 0) is 6.42 Å². The molecule has 0 fully saturated rings. The van der Waals surface area contributed by atoms with Gasteiger partial charge in [0.05, 0.1) is 5.71 Å². The van der Waals surface area contributed by atoms with Gasteiger partial charge in [0.15, 0.2) is 0 Å². The number of rotatable bonds is 1. The molecule has 0 saturated carbocycles. The third kappa shape index (κ3) is 1.41. The number of nitrogens with zero attached hydrogens (tertiary/aromatic N) is 1. The summed E-state index contributed by atoms with van der Waals surface area (Å²) in [6.45, 7) is 2.26. The molecular weight excluding hydrogens is 154 g/mol. The number of aliphatic imine (C=N–C) groups is 1. The fraction of sp³-hybridized carbons (Fsp3) is 0.444. The zero-order chi connectivity index (χ0) is 7.68. The van der Waals surface area contributed by atoms with Crippen LogP contribution in [-0.2, 0) is 0 Å². The molecule has 2 aliphatic rings. The van der Waals surface area contributed by atoms with Gasteiger partial charge >= 0.3 is 0 Å². The zero-order valence-electron chi connectivity index (χ0n) is 6.58. The molecule has 0 aromatic rings. The van der Waals surface area contributed by atoms with Crippen molar-refractivity contribution in [1.82, 2.24) is 0 Å². The summed E-state index contributed by atoms with van der Waals surface area (Å²) in [5, 5.41) is 0.758. The van der Waals surface area contributed by atoms with Crippen LogP contribution in [0, 0.1) is 0 Å². The van der Waals surface area contributed by atoms with E-state index in [4.69, 9.17) is 0 Å². The quantitative estimate of drug-likeness (QED) is 0.582. The molecule has 11 heavy (non-hydrogen) atoms. The van der Waals surface area contributed by atoms with Crippen molar-refractivity contribution in [3.63, 3.8) is 0 Å². The highest BCUT2D eigenvalue weighted by Gasteiger charge is 2.17. The van der Waals surface area contributed by atoms with Crippen LogP contribution in [0.2, 0.25) is 0 Å². The monoisotopic (exact) mass is 165 g/mol. The first-order chi connectivity index (χ1) is 5.36. The Labute approximate surface area is 71.3 Å². The molecule has 0 spiro atoms. The van der Waals surface area contributed by atoms with Gasteiger partial charge in [0.1, 0.15) is 0 Å². The minimum absolute atomic E-state index is 0.758. The average Bonchev–Trinajstić information content (AvgIpc) is 2.55. The Bertz CT molecular complexity index is 250. The maximum Gasteiger partial charge on any atom is 0.0574 e. The van der Waals surface area contributed by atoms with Crippen LogP contribution in [0.1, 0.15) is 19.8 Å². The molecule has 2 heterocycles. The van der Waals surface area contributed by atoms with E-state index in [-0.39, 0.29) is 0 Å². The summed E-state index contributed by atoms with van der Waals surface area (Å²) in [5.74, 6) is 0. The van der Waals surface area contributed by atoms with Gasteiger partial charge in [-0.3, -0.25) is 4.99 Å². The van der Waals surface area contributed by atoms with Crippen molar-refractivity contribution < 1.29 is 0 Å². The van der Waals surface area contributed by atoms with E-state index in [0.29, 0.717) is 0 Å². The Balaban J connectivity index is 2.07. The molecule has 0 saturated heterocycles. The molecule has 0 N–H and O–H groups in total. The van der Waals surface area contributed by atoms with Gasteiger partial charge in [-0.15, -0.1) is 11.8 Å². The van der Waals surface area contributed by atoms with E-state index in [1.807, 2.05) is 18.0 Å². The first-order valence-electron chi connectivity index (χ1n) is 3.95. The van der Waals surface area contributed by atoms with Crippen molar-refractivity contribution in [2.45, 2.75) is 25.0 Å². The Kier molecular flexibility index (Phi) is 1.86. The number of hydrogen-bond acceptors (Lipinski definition) is 2. The predicted octanol–water partition coefficient (Wildman–Crippen LogP) is 2.75. The molecule has 1 nitrogen and oxygen atoms in total. The highest BCUT2D eigenvalue weighted by atomic mass is 32.2. The molecule has 0 aliphatic carbocycles. The maximum atomic E-state index is 4.30. The summed E-state index contributed by atoms with van der Waals surface area (Å²) < 4.78 is 0. The lowest BCUT2D eigenvalue weighted by atomic mass is 10.2. The highest BCUT2D eigenvalue weighted by Crippen LogP contribution is 2.34. The molecule has 0 aromatic carbocycles. The molecule has 1 unspecified atom stereocenters. The van der Waals surface area contributed by atoms with Gasteiger partial charge in [-0.1, -0.05) is 19.1 Å². The largest absolute Gasteiger partial charge is 0.260 e. The van der Waals surface area contributed by atoms with Crippen molar-refractivity contribution >= 4 is 17.5 Å². The van der Waals surface area contributed by atoms with E-state index in [2.05, 4.69) is 24.1 Å². The Morgan fingerprint density at radius 2 is 2.55 bits per heavy atom. The maximum absolute atomic E-state index is 4.30. The lowest BCUT2D eigenvalue weighted by Gasteiger charge is -2.01. The SMILES string of the molecule is CC1CC=C(C2=NC=CC2)S1. The van der Waals surface area contributed by atoms with E-state index >= 15 is 0 Å². The Hall–Kier alpha value is -0.500. The van der Waals surface area contributed by atoms with E-state index in [0.717, 1.165) is 11.7 Å². The van der Waals surface area contributed by atoms with Gasteiger partial charge in [0.2, 0.25) is 0 Å². The number of hydrogen-bond donors (Lipinski definition) is 0. The number of allylic oxidation sites excluding steroid dienone is 3. The van der Waals surface area contributed by atoms with E-state index in [1.54, 1.807) is 0 Å². The predicted molar refractivity (Wildman–Crippen MR) is 50.9 cm³/mol. The number of thioether (sulfide) groups is 1. The molecule has 0 bridgehead atoms. The molecule has 2 aliphatic heterocycles. The Morgan fingerprint density at radius 1 is 1.64 bits per heavy atom. The van der Waals surface area contributed by atoms with Crippen molar-refractivity contribution in [3.05, 3.63) is 23.3 Å². The summed E-state index contributed by atoms with van der Waals surface area (Å²) in [6, 6.07) is 0. The van der Waals surface area contributed by atoms with Gasteiger partial charge in [-0.25, -0.2) is 0 Å². The molecule has 0 amide bonds. The molecular formula is C9H11NS. The van der Waals surface area contributed by atoms with Crippen molar-refractivity contribution in [1.29, 1.82) is 0 Å². The van der Waals surface area contributed by atoms with Gasteiger partial charge < -0.3 is 0 Å². The van der Waals surface area contributed by atoms with Crippen LogP contribution in [0.25, 0.3) is 0 Å². The normalized spacial score (nSPS) is 29.0. The van der Waals surface area contributed by atoms with Crippen LogP contribution in [0.5, 0.6) is 0 Å². The third-order valence-electron chi connectivity index (χ3n) is 1.89. The first kappa shape index (κ1) is 7.17. The van der Waals surface area contributed by atoms with Gasteiger partial charge in [-0.2, -0.15) is 0 Å². The first-order valence-corrected chi connectivity index (χ1v) is 4.83. The minimum Gasteiger partial charge on any atom is -0.260 e. The van der Waals surface area contributed by atoms with Crippen LogP contribution in [-0.4, -0.2) is 11.0 Å². The molecule has 58 valence electrons. The second kappa shape index (κ2) is 2.86. The van der Waals surface area contributed by atoms with E-state index < -0.39 is 0 Å². The van der Waals surface area contributed by atoms with Crippen molar-refractivity contribution in [3.8, 4) is 0 Å². The van der Waals surface area contributed by atoms with Gasteiger partial charge in [0, 0.05) is 22.8 Å². The fourth-order valence-electron chi connectivity index (χ4n) is 1.30. The van der Waals surface area contributed by atoms with Crippen LogP contribution in [0.4, 0.5) is 0 Å². The third-order valence-corrected chi connectivity index (χ3v) is 3.15.